The van der Waals surface area contributed by atoms with E-state index in [1.54, 1.807) is 0 Å². The minimum atomic E-state index is -3.34. The molecule has 0 aliphatic carbocycles. The number of hydrogen-bond donors (Lipinski definition) is 0. The minimum Gasteiger partial charge on any atom is -0.461 e. The van der Waals surface area contributed by atoms with E-state index in [4.69, 9.17) is 0 Å². The molecule has 0 bridgehead atoms. The quantitative estimate of drug-likeness (QED) is 0.357. The lowest BCUT2D eigenvalue weighted by atomic mass is 10.2. The van der Waals surface area contributed by atoms with Crippen molar-refractivity contribution in [2.45, 2.75) is 12.8 Å². The van der Waals surface area contributed by atoms with E-state index in [2.05, 4.69) is 20.4 Å². The third kappa shape index (κ3) is 7.05. The average molecular weight is 264 g/mol. The largest absolute Gasteiger partial charge is 0.461 e. The molecule has 0 atom stereocenters. The number of ketones is 1. The predicted octanol–water partition coefficient (Wildman–Crippen LogP) is 1.55. The number of carbonyl (C=O) groups is 2. The topological polar surface area (TPSA) is 78.9 Å². The standard InChI is InChI=1S/C10H17O6P/c1-4-7-16-10(12)6-5-9(11)8-17(13,14-2)15-3/h4H,1,5-8H2,2-3H3. The Balaban J connectivity index is 3.99. The van der Waals surface area contributed by atoms with Gasteiger partial charge in [-0.25, -0.2) is 0 Å². The first-order chi connectivity index (χ1) is 7.97. The molecule has 0 heterocycles. The Kier molecular flexibility index (Phi) is 7.70. The van der Waals surface area contributed by atoms with E-state index in [0.29, 0.717) is 0 Å². The Morgan fingerprint density at radius 3 is 2.29 bits per heavy atom. The molecular weight excluding hydrogens is 247 g/mol. The summed E-state index contributed by atoms with van der Waals surface area (Å²) in [7, 11) is -0.928. The van der Waals surface area contributed by atoms with E-state index in [9.17, 15) is 14.2 Å². The molecule has 0 aliphatic rings. The van der Waals surface area contributed by atoms with Crippen LogP contribution in [0.5, 0.6) is 0 Å². The molecule has 0 aromatic rings. The number of carbonyl (C=O) groups excluding carboxylic acids is 2. The molecule has 0 fully saturated rings. The molecule has 0 aromatic carbocycles. The predicted molar refractivity (Wildman–Crippen MR) is 61.9 cm³/mol. The third-order valence-corrected chi connectivity index (χ3v) is 3.75. The van der Waals surface area contributed by atoms with Gasteiger partial charge in [0.05, 0.1) is 6.42 Å². The fourth-order valence-corrected chi connectivity index (χ4v) is 1.96. The molecule has 0 N–H and O–H groups in total. The summed E-state index contributed by atoms with van der Waals surface area (Å²) in [5, 5.41) is 0. The molecule has 0 amide bonds. The fraction of sp³-hybridized carbons (Fsp3) is 0.600. The van der Waals surface area contributed by atoms with E-state index >= 15 is 0 Å². The van der Waals surface area contributed by atoms with E-state index in [1.165, 1.54) is 20.3 Å². The summed E-state index contributed by atoms with van der Waals surface area (Å²) in [5.74, 6) is -0.865. The van der Waals surface area contributed by atoms with Gasteiger partial charge in [-0.2, -0.15) is 0 Å². The van der Waals surface area contributed by atoms with Crippen molar-refractivity contribution >= 4 is 19.3 Å². The highest BCUT2D eigenvalue weighted by atomic mass is 31.2. The molecule has 0 aliphatic heterocycles. The van der Waals surface area contributed by atoms with Crippen molar-refractivity contribution in [2.75, 3.05) is 27.0 Å². The van der Waals surface area contributed by atoms with E-state index in [1.807, 2.05) is 0 Å². The lowest BCUT2D eigenvalue weighted by molar-refractivity contribution is -0.143. The van der Waals surface area contributed by atoms with E-state index in [0.717, 1.165) is 0 Å². The molecular formula is C10H17O6P. The highest BCUT2D eigenvalue weighted by Gasteiger charge is 2.25. The number of Topliss-reactive ketones (excluding diaryl/α,β-unsaturated/α-hetero) is 1. The summed E-state index contributed by atoms with van der Waals surface area (Å²) >= 11 is 0. The van der Waals surface area contributed by atoms with Crippen LogP contribution in [0.25, 0.3) is 0 Å². The van der Waals surface area contributed by atoms with Crippen molar-refractivity contribution in [3.8, 4) is 0 Å². The SMILES string of the molecule is C=CCOC(=O)CCC(=O)CP(=O)(OC)OC. The lowest BCUT2D eigenvalue weighted by Gasteiger charge is -2.12. The monoisotopic (exact) mass is 264 g/mol. The van der Waals surface area contributed by atoms with Gasteiger partial charge in [0.25, 0.3) is 0 Å². The van der Waals surface area contributed by atoms with Gasteiger partial charge in [-0.15, -0.1) is 0 Å². The summed E-state index contributed by atoms with van der Waals surface area (Å²) in [6, 6.07) is 0. The highest BCUT2D eigenvalue weighted by molar-refractivity contribution is 7.54. The molecule has 0 spiro atoms. The smallest absolute Gasteiger partial charge is 0.337 e. The van der Waals surface area contributed by atoms with Crippen LogP contribution < -0.4 is 0 Å². The Morgan fingerprint density at radius 2 is 1.82 bits per heavy atom. The number of rotatable bonds is 9. The molecule has 0 rings (SSSR count). The zero-order valence-corrected chi connectivity index (χ0v) is 10.9. The Morgan fingerprint density at radius 1 is 1.24 bits per heavy atom. The van der Waals surface area contributed by atoms with Gasteiger partial charge in [0.2, 0.25) is 0 Å². The van der Waals surface area contributed by atoms with E-state index in [-0.39, 0.29) is 31.4 Å². The second kappa shape index (κ2) is 8.17. The maximum Gasteiger partial charge on any atom is 0.337 e. The molecule has 0 saturated carbocycles. The zero-order valence-electron chi connectivity index (χ0n) is 10.0. The maximum absolute atomic E-state index is 11.6. The lowest BCUT2D eigenvalue weighted by Crippen LogP contribution is -2.11. The van der Waals surface area contributed by atoms with Crippen molar-refractivity contribution in [3.63, 3.8) is 0 Å². The summed E-state index contributed by atoms with van der Waals surface area (Å²) in [5.41, 5.74) is 0. The van der Waals surface area contributed by atoms with Gasteiger partial charge in [-0.1, -0.05) is 12.7 Å². The average Bonchev–Trinajstić information content (AvgIpc) is 2.33. The minimum absolute atomic E-state index is 0.0489. The third-order valence-electron chi connectivity index (χ3n) is 1.90. The van der Waals surface area contributed by atoms with Crippen LogP contribution in [0.3, 0.4) is 0 Å². The second-order valence-electron chi connectivity index (χ2n) is 3.14. The Labute approximate surface area is 100 Å². The summed E-state index contributed by atoms with van der Waals surface area (Å²) < 4.78 is 25.5. The first-order valence-corrected chi connectivity index (χ1v) is 6.69. The zero-order chi connectivity index (χ0) is 13.3. The summed E-state index contributed by atoms with van der Waals surface area (Å²) in [4.78, 5) is 22.5. The number of hydrogen-bond acceptors (Lipinski definition) is 6. The number of ether oxygens (including phenoxy) is 1. The first-order valence-electron chi connectivity index (χ1n) is 4.96. The van der Waals surface area contributed by atoms with Crippen molar-refractivity contribution < 1.29 is 27.9 Å². The van der Waals surface area contributed by atoms with Crippen molar-refractivity contribution in [2.24, 2.45) is 0 Å². The first kappa shape index (κ1) is 16.0. The molecule has 0 radical (unpaired) electrons. The molecule has 0 unspecified atom stereocenters. The Hall–Kier alpha value is -0.970. The van der Waals surface area contributed by atoms with Crippen molar-refractivity contribution in [3.05, 3.63) is 12.7 Å². The fourth-order valence-electron chi connectivity index (χ4n) is 0.964. The highest BCUT2D eigenvalue weighted by Crippen LogP contribution is 2.46. The van der Waals surface area contributed by atoms with Crippen LogP contribution >= 0.6 is 7.60 Å². The molecule has 98 valence electrons. The van der Waals surface area contributed by atoms with Crippen LogP contribution in [-0.2, 0) is 27.9 Å². The summed E-state index contributed by atoms with van der Waals surface area (Å²) in [6.07, 6.45) is 0.991. The number of esters is 1. The van der Waals surface area contributed by atoms with Gasteiger partial charge in [-0.05, 0) is 0 Å². The van der Waals surface area contributed by atoms with Crippen LogP contribution in [0.1, 0.15) is 12.8 Å². The second-order valence-corrected chi connectivity index (χ2v) is 5.41. The van der Waals surface area contributed by atoms with Gasteiger partial charge in [-0.3, -0.25) is 14.2 Å². The van der Waals surface area contributed by atoms with Gasteiger partial charge >= 0.3 is 13.6 Å². The van der Waals surface area contributed by atoms with Crippen LogP contribution in [0.4, 0.5) is 0 Å². The van der Waals surface area contributed by atoms with Crippen LogP contribution in [0.2, 0.25) is 0 Å². The molecule has 17 heavy (non-hydrogen) atoms. The molecule has 6 nitrogen and oxygen atoms in total. The summed E-state index contributed by atoms with van der Waals surface area (Å²) in [6.45, 7) is 3.50. The maximum atomic E-state index is 11.6. The van der Waals surface area contributed by atoms with Crippen LogP contribution in [-0.4, -0.2) is 38.7 Å². The van der Waals surface area contributed by atoms with Crippen LogP contribution in [0.15, 0.2) is 12.7 Å². The van der Waals surface area contributed by atoms with Crippen molar-refractivity contribution in [1.82, 2.24) is 0 Å². The van der Waals surface area contributed by atoms with Crippen LogP contribution in [0, 0.1) is 0 Å². The molecule has 7 heteroatoms. The molecule has 0 aromatic heterocycles. The van der Waals surface area contributed by atoms with Gasteiger partial charge < -0.3 is 13.8 Å². The molecule has 0 saturated heterocycles. The van der Waals surface area contributed by atoms with Gasteiger partial charge in [0, 0.05) is 20.6 Å². The van der Waals surface area contributed by atoms with Gasteiger partial charge in [0.1, 0.15) is 18.6 Å². The Bertz CT molecular complexity index is 317. The van der Waals surface area contributed by atoms with Crippen molar-refractivity contribution in [1.29, 1.82) is 0 Å². The normalized spacial score (nSPS) is 10.9. The van der Waals surface area contributed by atoms with E-state index < -0.39 is 13.6 Å². The van der Waals surface area contributed by atoms with Gasteiger partial charge in [0.15, 0.2) is 0 Å².